The first kappa shape index (κ1) is 18.9. The molecular formula is C21H26N4O2. The van der Waals surface area contributed by atoms with E-state index in [-0.39, 0.29) is 5.41 Å². The minimum absolute atomic E-state index is 0.120. The molecule has 0 bridgehead atoms. The van der Waals surface area contributed by atoms with E-state index in [1.165, 1.54) is 5.56 Å². The van der Waals surface area contributed by atoms with Crippen LogP contribution in [0.25, 0.3) is 0 Å². The number of methoxy groups -OCH3 is 1. The molecule has 27 heavy (non-hydrogen) atoms. The minimum atomic E-state index is -0.434. The maximum absolute atomic E-state index is 6.28. The van der Waals surface area contributed by atoms with E-state index in [0.717, 1.165) is 17.1 Å². The zero-order valence-corrected chi connectivity index (χ0v) is 16.2. The average Bonchev–Trinajstić information content (AvgIpc) is 3.14. The number of ether oxygens (including phenoxy) is 2. The summed E-state index contributed by atoms with van der Waals surface area (Å²) in [5, 5.41) is 7.12. The Kier molecular flexibility index (Phi) is 5.46. The van der Waals surface area contributed by atoms with Gasteiger partial charge in [0, 0.05) is 0 Å². The Balaban J connectivity index is 1.64. The summed E-state index contributed by atoms with van der Waals surface area (Å²) in [5.41, 5.74) is 8.55. The molecule has 0 amide bonds. The summed E-state index contributed by atoms with van der Waals surface area (Å²) in [5.74, 6) is 2.69. The second-order valence-corrected chi connectivity index (χ2v) is 7.46. The number of aromatic nitrogens is 3. The van der Waals surface area contributed by atoms with Crippen molar-refractivity contribution >= 4 is 0 Å². The highest BCUT2D eigenvalue weighted by atomic mass is 16.5. The van der Waals surface area contributed by atoms with Crippen molar-refractivity contribution in [2.45, 2.75) is 38.8 Å². The summed E-state index contributed by atoms with van der Waals surface area (Å²) >= 11 is 0. The molecular weight excluding hydrogens is 340 g/mol. The summed E-state index contributed by atoms with van der Waals surface area (Å²) in [6.45, 7) is 6.85. The van der Waals surface area contributed by atoms with Crippen LogP contribution in [0.1, 0.15) is 49.6 Å². The molecule has 0 saturated carbocycles. The molecule has 0 saturated heterocycles. The summed E-state index contributed by atoms with van der Waals surface area (Å²) in [6.07, 6.45) is 0. The average molecular weight is 366 g/mol. The zero-order valence-electron chi connectivity index (χ0n) is 16.2. The smallest absolute Gasteiger partial charge is 0.172 e. The van der Waals surface area contributed by atoms with Crippen LogP contribution in [0, 0.1) is 0 Å². The quantitative estimate of drug-likeness (QED) is 0.694. The molecule has 1 heterocycles. The molecule has 6 heteroatoms. The highest BCUT2D eigenvalue weighted by Crippen LogP contribution is 2.25. The molecule has 6 nitrogen and oxygen atoms in total. The van der Waals surface area contributed by atoms with Crippen molar-refractivity contribution in [2.24, 2.45) is 5.73 Å². The number of nitrogens with zero attached hydrogens (tertiary/aromatic N) is 2. The second-order valence-electron chi connectivity index (χ2n) is 7.46. The van der Waals surface area contributed by atoms with Gasteiger partial charge in [-0.25, -0.2) is 4.98 Å². The van der Waals surface area contributed by atoms with Gasteiger partial charge in [-0.15, -0.1) is 0 Å². The van der Waals surface area contributed by atoms with Crippen molar-refractivity contribution in [2.75, 3.05) is 7.11 Å². The summed E-state index contributed by atoms with van der Waals surface area (Å²) in [6, 6.07) is 15.3. The van der Waals surface area contributed by atoms with Crippen LogP contribution in [0.4, 0.5) is 0 Å². The molecule has 0 fully saturated rings. The highest BCUT2D eigenvalue weighted by Gasteiger charge is 2.16. The number of nitrogens with two attached hydrogens (primary N) is 1. The first-order valence-corrected chi connectivity index (χ1v) is 8.91. The molecule has 3 N–H and O–H groups in total. The maximum Gasteiger partial charge on any atom is 0.172 e. The Labute approximate surface area is 159 Å². The number of hydrogen-bond acceptors (Lipinski definition) is 5. The molecule has 1 aromatic heterocycles. The molecule has 2 aromatic carbocycles. The van der Waals surface area contributed by atoms with Crippen LogP contribution in [0.3, 0.4) is 0 Å². The number of nitrogens with one attached hydrogen (secondary N) is 1. The minimum Gasteiger partial charge on any atom is -0.497 e. The summed E-state index contributed by atoms with van der Waals surface area (Å²) in [7, 11) is 1.63. The third-order valence-electron chi connectivity index (χ3n) is 4.38. The molecule has 3 rings (SSSR count). The Morgan fingerprint density at radius 1 is 1.07 bits per heavy atom. The SMILES string of the molecule is COc1cccc(C(N)c2n[nH]c(COc3ccc(C(C)(C)C)cc3)n2)c1. The predicted octanol–water partition coefficient (Wildman–Crippen LogP) is 3.74. The van der Waals surface area contributed by atoms with Gasteiger partial charge in [-0.2, -0.15) is 5.10 Å². The van der Waals surface area contributed by atoms with Crippen molar-refractivity contribution in [1.82, 2.24) is 15.2 Å². The van der Waals surface area contributed by atoms with Crippen LogP contribution >= 0.6 is 0 Å². The lowest BCUT2D eigenvalue weighted by Gasteiger charge is -2.19. The number of H-pyrrole nitrogens is 1. The van der Waals surface area contributed by atoms with Crippen LogP contribution in [0.2, 0.25) is 0 Å². The largest absolute Gasteiger partial charge is 0.497 e. The van der Waals surface area contributed by atoms with Crippen LogP contribution in [-0.2, 0) is 12.0 Å². The monoisotopic (exact) mass is 366 g/mol. The van der Waals surface area contributed by atoms with Gasteiger partial charge < -0.3 is 15.2 Å². The van der Waals surface area contributed by atoms with Gasteiger partial charge >= 0.3 is 0 Å². The zero-order chi connectivity index (χ0) is 19.4. The van der Waals surface area contributed by atoms with Gasteiger partial charge in [0.15, 0.2) is 11.6 Å². The van der Waals surface area contributed by atoms with Gasteiger partial charge in [0.2, 0.25) is 0 Å². The molecule has 1 unspecified atom stereocenters. The topological polar surface area (TPSA) is 86.0 Å². The van der Waals surface area contributed by atoms with Gasteiger partial charge in [0.1, 0.15) is 18.1 Å². The van der Waals surface area contributed by atoms with Gasteiger partial charge in [-0.3, -0.25) is 5.10 Å². The Hall–Kier alpha value is -2.86. The van der Waals surface area contributed by atoms with E-state index in [1.54, 1.807) is 7.11 Å². The molecule has 1 atom stereocenters. The molecule has 3 aromatic rings. The van der Waals surface area contributed by atoms with E-state index >= 15 is 0 Å². The molecule has 142 valence electrons. The van der Waals surface area contributed by atoms with E-state index in [2.05, 4.69) is 48.1 Å². The van der Waals surface area contributed by atoms with Crippen molar-refractivity contribution < 1.29 is 9.47 Å². The molecule has 0 spiro atoms. The summed E-state index contributed by atoms with van der Waals surface area (Å²) < 4.78 is 11.0. The van der Waals surface area contributed by atoms with Crippen molar-refractivity contribution in [3.63, 3.8) is 0 Å². The molecule has 0 radical (unpaired) electrons. The standard InChI is InChI=1S/C21H26N4O2/c1-21(2,3)15-8-10-16(11-9-15)27-13-18-23-20(25-24-18)19(22)14-6-5-7-17(12-14)26-4/h5-12,19H,13,22H2,1-4H3,(H,23,24,25). The Bertz CT molecular complexity index is 882. The van der Waals surface area contributed by atoms with E-state index in [1.807, 2.05) is 36.4 Å². The summed E-state index contributed by atoms with van der Waals surface area (Å²) in [4.78, 5) is 4.46. The lowest BCUT2D eigenvalue weighted by Crippen LogP contribution is -2.13. The van der Waals surface area contributed by atoms with E-state index < -0.39 is 6.04 Å². The third-order valence-corrected chi connectivity index (χ3v) is 4.38. The van der Waals surface area contributed by atoms with Crippen molar-refractivity contribution in [3.05, 3.63) is 71.3 Å². The molecule has 0 aliphatic carbocycles. The van der Waals surface area contributed by atoms with Crippen LogP contribution in [0.5, 0.6) is 11.5 Å². The lowest BCUT2D eigenvalue weighted by atomic mass is 9.87. The fourth-order valence-electron chi connectivity index (χ4n) is 2.70. The van der Waals surface area contributed by atoms with Gasteiger partial charge in [0.25, 0.3) is 0 Å². The maximum atomic E-state index is 6.28. The first-order valence-electron chi connectivity index (χ1n) is 8.91. The van der Waals surface area contributed by atoms with Crippen LogP contribution < -0.4 is 15.2 Å². The van der Waals surface area contributed by atoms with Gasteiger partial charge in [-0.1, -0.05) is 45.0 Å². The number of hydrogen-bond donors (Lipinski definition) is 2. The van der Waals surface area contributed by atoms with E-state index in [0.29, 0.717) is 18.3 Å². The number of aromatic amines is 1. The van der Waals surface area contributed by atoms with Crippen LogP contribution in [-0.4, -0.2) is 22.3 Å². The molecule has 0 aliphatic rings. The van der Waals surface area contributed by atoms with Crippen molar-refractivity contribution in [1.29, 1.82) is 0 Å². The fourth-order valence-corrected chi connectivity index (χ4v) is 2.70. The van der Waals surface area contributed by atoms with E-state index in [4.69, 9.17) is 15.2 Å². The van der Waals surface area contributed by atoms with Crippen molar-refractivity contribution in [3.8, 4) is 11.5 Å². The van der Waals surface area contributed by atoms with Gasteiger partial charge in [-0.05, 0) is 40.8 Å². The highest BCUT2D eigenvalue weighted by molar-refractivity contribution is 5.33. The lowest BCUT2D eigenvalue weighted by molar-refractivity contribution is 0.296. The number of rotatable bonds is 6. The van der Waals surface area contributed by atoms with Crippen LogP contribution in [0.15, 0.2) is 48.5 Å². The van der Waals surface area contributed by atoms with Gasteiger partial charge in [0.05, 0.1) is 13.2 Å². The number of benzene rings is 2. The third kappa shape index (κ3) is 4.65. The fraction of sp³-hybridized carbons (Fsp3) is 0.333. The molecule has 0 aliphatic heterocycles. The normalized spacial score (nSPS) is 12.6. The first-order chi connectivity index (χ1) is 12.9. The predicted molar refractivity (Wildman–Crippen MR) is 105 cm³/mol. The Morgan fingerprint density at radius 2 is 1.81 bits per heavy atom. The van der Waals surface area contributed by atoms with E-state index in [9.17, 15) is 0 Å². The Morgan fingerprint density at radius 3 is 2.48 bits per heavy atom. The second kappa shape index (κ2) is 7.80.